The molecule has 1 aromatic heterocycles. The van der Waals surface area contributed by atoms with Crippen LogP contribution in [0, 0.1) is 21.7 Å². The Kier molecular flexibility index (Phi) is 4.48. The predicted molar refractivity (Wildman–Crippen MR) is 84.9 cm³/mol. The Morgan fingerprint density at radius 3 is 2.58 bits per heavy atom. The summed E-state index contributed by atoms with van der Waals surface area (Å²) >= 11 is 1.36. The molecule has 0 N–H and O–H groups in total. The maximum absolute atomic E-state index is 13.7. The minimum Gasteiger partial charge on any atom is -0.484 e. The van der Waals surface area contributed by atoms with E-state index in [1.807, 2.05) is 0 Å². The van der Waals surface area contributed by atoms with E-state index in [9.17, 15) is 18.9 Å². The van der Waals surface area contributed by atoms with Gasteiger partial charge in [0.2, 0.25) is 0 Å². The normalized spacial score (nSPS) is 10.6. The molecule has 3 aromatic rings. The smallest absolute Gasteiger partial charge is 0.272 e. The second kappa shape index (κ2) is 6.71. The van der Waals surface area contributed by atoms with Crippen LogP contribution >= 0.6 is 11.3 Å². The maximum Gasteiger partial charge on any atom is 0.272 e. The van der Waals surface area contributed by atoms with Gasteiger partial charge in [0, 0.05) is 17.0 Å². The molecular weight excluding hydrogens is 338 g/mol. The van der Waals surface area contributed by atoms with Crippen molar-refractivity contribution in [3.8, 4) is 16.3 Å². The van der Waals surface area contributed by atoms with Gasteiger partial charge in [-0.05, 0) is 30.3 Å². The van der Waals surface area contributed by atoms with Crippen LogP contribution in [0.3, 0.4) is 0 Å². The van der Waals surface area contributed by atoms with Gasteiger partial charge in [-0.1, -0.05) is 0 Å². The summed E-state index contributed by atoms with van der Waals surface area (Å²) in [5.41, 5.74) is 1.01. The standard InChI is InChI=1S/C16H10F2N2O3S/c17-11-3-1-10(2-4-11)16-19-12(9-24-16)8-23-15-6-5-13(20(21)22)7-14(15)18/h1-7,9H,8H2. The molecule has 1 heterocycles. The number of non-ortho nitro benzene ring substituents is 1. The maximum atomic E-state index is 13.7. The van der Waals surface area contributed by atoms with Crippen LogP contribution in [0.5, 0.6) is 5.75 Å². The summed E-state index contributed by atoms with van der Waals surface area (Å²) in [5.74, 6) is -1.22. The van der Waals surface area contributed by atoms with Crippen LogP contribution in [0.15, 0.2) is 47.8 Å². The molecule has 8 heteroatoms. The van der Waals surface area contributed by atoms with E-state index < -0.39 is 10.7 Å². The van der Waals surface area contributed by atoms with Crippen molar-refractivity contribution in [3.05, 3.63) is 75.3 Å². The van der Waals surface area contributed by atoms with Crippen molar-refractivity contribution < 1.29 is 18.4 Å². The number of nitrogens with zero attached hydrogens (tertiary/aromatic N) is 2. The van der Waals surface area contributed by atoms with Gasteiger partial charge in [-0.25, -0.2) is 13.8 Å². The van der Waals surface area contributed by atoms with Gasteiger partial charge in [0.05, 0.1) is 16.7 Å². The van der Waals surface area contributed by atoms with E-state index in [4.69, 9.17) is 4.74 Å². The minimum absolute atomic E-state index is 0.0203. The van der Waals surface area contributed by atoms with Crippen molar-refractivity contribution in [2.45, 2.75) is 6.61 Å². The third-order valence-corrected chi connectivity index (χ3v) is 4.08. The zero-order chi connectivity index (χ0) is 17.1. The Morgan fingerprint density at radius 1 is 1.17 bits per heavy atom. The first-order valence-corrected chi connectivity index (χ1v) is 7.68. The fourth-order valence-corrected chi connectivity index (χ4v) is 2.78. The van der Waals surface area contributed by atoms with E-state index in [1.54, 1.807) is 17.5 Å². The van der Waals surface area contributed by atoms with E-state index in [1.165, 1.54) is 35.6 Å². The second-order valence-electron chi connectivity index (χ2n) is 4.81. The zero-order valence-corrected chi connectivity index (χ0v) is 12.9. The molecule has 0 saturated carbocycles. The highest BCUT2D eigenvalue weighted by Crippen LogP contribution is 2.26. The van der Waals surface area contributed by atoms with Gasteiger partial charge < -0.3 is 4.74 Å². The molecule has 0 aliphatic carbocycles. The number of nitro groups is 1. The molecule has 2 aromatic carbocycles. The molecule has 0 unspecified atom stereocenters. The molecule has 24 heavy (non-hydrogen) atoms. The van der Waals surface area contributed by atoms with Gasteiger partial charge in [-0.15, -0.1) is 11.3 Å². The molecule has 0 fully saturated rings. The number of benzene rings is 2. The highest BCUT2D eigenvalue weighted by molar-refractivity contribution is 7.13. The zero-order valence-electron chi connectivity index (χ0n) is 12.1. The molecule has 0 atom stereocenters. The van der Waals surface area contributed by atoms with Crippen molar-refractivity contribution in [1.82, 2.24) is 4.98 Å². The number of hydrogen-bond acceptors (Lipinski definition) is 5. The van der Waals surface area contributed by atoms with Crippen LogP contribution in [-0.4, -0.2) is 9.91 Å². The fourth-order valence-electron chi connectivity index (χ4n) is 1.97. The minimum atomic E-state index is -0.807. The van der Waals surface area contributed by atoms with Crippen LogP contribution in [0.2, 0.25) is 0 Å². The van der Waals surface area contributed by atoms with Gasteiger partial charge in [-0.2, -0.15) is 0 Å². The first kappa shape index (κ1) is 16.0. The number of ether oxygens (including phenoxy) is 1. The van der Waals surface area contributed by atoms with E-state index in [2.05, 4.69) is 4.98 Å². The lowest BCUT2D eigenvalue weighted by molar-refractivity contribution is -0.385. The quantitative estimate of drug-likeness (QED) is 0.500. The SMILES string of the molecule is O=[N+]([O-])c1ccc(OCc2csc(-c3ccc(F)cc3)n2)c(F)c1. The monoisotopic (exact) mass is 348 g/mol. The number of halogens is 2. The van der Waals surface area contributed by atoms with E-state index in [-0.39, 0.29) is 23.9 Å². The summed E-state index contributed by atoms with van der Waals surface area (Å²) in [6.07, 6.45) is 0. The van der Waals surface area contributed by atoms with Crippen molar-refractivity contribution in [2.75, 3.05) is 0 Å². The Labute approximate surface area is 139 Å². The third-order valence-electron chi connectivity index (χ3n) is 3.14. The first-order valence-electron chi connectivity index (χ1n) is 6.80. The fraction of sp³-hybridized carbons (Fsp3) is 0.0625. The average molecular weight is 348 g/mol. The van der Waals surface area contributed by atoms with E-state index in [0.717, 1.165) is 11.6 Å². The van der Waals surface area contributed by atoms with Gasteiger partial charge in [0.25, 0.3) is 5.69 Å². The Morgan fingerprint density at radius 2 is 1.92 bits per heavy atom. The molecule has 5 nitrogen and oxygen atoms in total. The van der Waals surface area contributed by atoms with Gasteiger partial charge in [0.1, 0.15) is 17.4 Å². The van der Waals surface area contributed by atoms with Crippen LogP contribution in [0.4, 0.5) is 14.5 Å². The molecule has 3 rings (SSSR count). The summed E-state index contributed by atoms with van der Waals surface area (Å²) < 4.78 is 32.0. The lowest BCUT2D eigenvalue weighted by Crippen LogP contribution is -1.98. The average Bonchev–Trinajstić information content (AvgIpc) is 3.03. The van der Waals surface area contributed by atoms with E-state index >= 15 is 0 Å². The summed E-state index contributed by atoms with van der Waals surface area (Å²) in [6, 6.07) is 9.12. The summed E-state index contributed by atoms with van der Waals surface area (Å²) in [5, 5.41) is 13.0. The highest BCUT2D eigenvalue weighted by atomic mass is 32.1. The van der Waals surface area contributed by atoms with Gasteiger partial charge in [-0.3, -0.25) is 10.1 Å². The largest absolute Gasteiger partial charge is 0.484 e. The van der Waals surface area contributed by atoms with Crippen LogP contribution < -0.4 is 4.74 Å². The lowest BCUT2D eigenvalue weighted by Gasteiger charge is -2.05. The number of thiazole rings is 1. The van der Waals surface area contributed by atoms with Crippen LogP contribution in [0.1, 0.15) is 5.69 Å². The third kappa shape index (κ3) is 3.54. The molecule has 0 amide bonds. The van der Waals surface area contributed by atoms with Gasteiger partial charge >= 0.3 is 0 Å². The molecule has 0 saturated heterocycles. The molecule has 122 valence electrons. The Balaban J connectivity index is 1.69. The van der Waals surface area contributed by atoms with Crippen molar-refractivity contribution >= 4 is 17.0 Å². The summed E-state index contributed by atoms with van der Waals surface area (Å²) in [6.45, 7) is 0.0203. The van der Waals surface area contributed by atoms with Crippen molar-refractivity contribution in [2.24, 2.45) is 0 Å². The summed E-state index contributed by atoms with van der Waals surface area (Å²) in [4.78, 5) is 14.2. The molecule has 0 aliphatic rings. The van der Waals surface area contributed by atoms with Crippen LogP contribution in [0.25, 0.3) is 10.6 Å². The molecule has 0 radical (unpaired) electrons. The lowest BCUT2D eigenvalue weighted by atomic mass is 10.2. The highest BCUT2D eigenvalue weighted by Gasteiger charge is 2.12. The van der Waals surface area contributed by atoms with E-state index in [0.29, 0.717) is 10.7 Å². The van der Waals surface area contributed by atoms with Crippen molar-refractivity contribution in [1.29, 1.82) is 0 Å². The summed E-state index contributed by atoms with van der Waals surface area (Å²) in [7, 11) is 0. The molecule has 0 bridgehead atoms. The molecule has 0 aliphatic heterocycles. The Bertz CT molecular complexity index is 881. The number of hydrogen-bond donors (Lipinski definition) is 0. The first-order chi connectivity index (χ1) is 11.5. The number of nitro benzene ring substituents is 1. The van der Waals surface area contributed by atoms with Crippen molar-refractivity contribution in [3.63, 3.8) is 0 Å². The topological polar surface area (TPSA) is 65.3 Å². The molecule has 0 spiro atoms. The predicted octanol–water partition coefficient (Wildman–Crippen LogP) is 4.58. The number of rotatable bonds is 5. The second-order valence-corrected chi connectivity index (χ2v) is 5.67. The molecular formula is C16H10F2N2O3S. The Hall–Kier alpha value is -2.87. The number of aromatic nitrogens is 1. The van der Waals surface area contributed by atoms with Gasteiger partial charge in [0.15, 0.2) is 11.6 Å². The van der Waals surface area contributed by atoms with Crippen LogP contribution in [-0.2, 0) is 6.61 Å².